The van der Waals surface area contributed by atoms with Crippen LogP contribution >= 0.6 is 0 Å². The Morgan fingerprint density at radius 2 is 2.13 bits per heavy atom. The summed E-state index contributed by atoms with van der Waals surface area (Å²) in [6, 6.07) is 7.90. The maximum absolute atomic E-state index is 10.5. The Balaban J connectivity index is 2.53. The molecule has 1 aromatic carbocycles. The number of rotatable bonds is 2. The molecule has 3 heteroatoms. The fourth-order valence-corrected chi connectivity index (χ4v) is 1.52. The molecule has 1 heterocycles. The molecule has 0 amide bonds. The highest BCUT2D eigenvalue weighted by molar-refractivity contribution is 5.70. The summed E-state index contributed by atoms with van der Waals surface area (Å²) in [6.07, 6.45) is 0.617. The summed E-state index contributed by atoms with van der Waals surface area (Å²) in [4.78, 5) is 14.5. The molecule has 0 aliphatic heterocycles. The van der Waals surface area contributed by atoms with Crippen LogP contribution in [0.25, 0.3) is 11.3 Å². The molecule has 0 bridgehead atoms. The first kappa shape index (κ1) is 9.65. The standard InChI is InChI=1S/C12H11NO2/c1-8-4-3-5-10(6-8)12-9(2)13-11(7-14)15-12/h3-7H,1-2H3. The van der Waals surface area contributed by atoms with Crippen LogP contribution in [0.1, 0.15) is 21.9 Å². The Hall–Kier alpha value is -1.90. The van der Waals surface area contributed by atoms with Crippen molar-refractivity contribution in [1.29, 1.82) is 0 Å². The lowest BCUT2D eigenvalue weighted by Crippen LogP contribution is -1.80. The first-order valence-electron chi connectivity index (χ1n) is 4.70. The summed E-state index contributed by atoms with van der Waals surface area (Å²) in [5, 5.41) is 0. The van der Waals surface area contributed by atoms with Crippen LogP contribution in [-0.4, -0.2) is 11.3 Å². The minimum absolute atomic E-state index is 0.129. The van der Waals surface area contributed by atoms with Gasteiger partial charge in [-0.15, -0.1) is 0 Å². The Kier molecular flexibility index (Phi) is 2.37. The maximum Gasteiger partial charge on any atom is 0.260 e. The summed E-state index contributed by atoms with van der Waals surface area (Å²) >= 11 is 0. The van der Waals surface area contributed by atoms with Crippen LogP contribution in [0.2, 0.25) is 0 Å². The Bertz CT molecular complexity index is 500. The van der Waals surface area contributed by atoms with Gasteiger partial charge in [-0.3, -0.25) is 4.79 Å². The molecule has 0 saturated carbocycles. The summed E-state index contributed by atoms with van der Waals surface area (Å²) in [7, 11) is 0. The third-order valence-corrected chi connectivity index (χ3v) is 2.19. The van der Waals surface area contributed by atoms with E-state index in [1.165, 1.54) is 0 Å². The van der Waals surface area contributed by atoms with Gasteiger partial charge in [-0.1, -0.05) is 23.8 Å². The fourth-order valence-electron chi connectivity index (χ4n) is 1.52. The summed E-state index contributed by atoms with van der Waals surface area (Å²) < 4.78 is 5.33. The lowest BCUT2D eigenvalue weighted by molar-refractivity contribution is 0.109. The average molecular weight is 201 g/mol. The van der Waals surface area contributed by atoms with Crippen LogP contribution in [0.5, 0.6) is 0 Å². The maximum atomic E-state index is 10.5. The highest BCUT2D eigenvalue weighted by Crippen LogP contribution is 2.24. The van der Waals surface area contributed by atoms with E-state index in [1.54, 1.807) is 0 Å². The number of nitrogens with zero attached hydrogens (tertiary/aromatic N) is 1. The van der Waals surface area contributed by atoms with Crippen LogP contribution in [0.15, 0.2) is 28.7 Å². The van der Waals surface area contributed by atoms with Crippen molar-refractivity contribution < 1.29 is 9.21 Å². The number of hydrogen-bond donors (Lipinski definition) is 0. The van der Waals surface area contributed by atoms with Crippen LogP contribution in [0.4, 0.5) is 0 Å². The van der Waals surface area contributed by atoms with Crippen molar-refractivity contribution in [3.63, 3.8) is 0 Å². The molecule has 3 nitrogen and oxygen atoms in total. The molecule has 0 saturated heterocycles. The normalized spacial score (nSPS) is 10.3. The van der Waals surface area contributed by atoms with Crippen molar-refractivity contribution >= 4 is 6.29 Å². The van der Waals surface area contributed by atoms with Gasteiger partial charge in [0.05, 0.1) is 5.69 Å². The molecule has 2 aromatic rings. The van der Waals surface area contributed by atoms with E-state index in [0.717, 1.165) is 16.8 Å². The number of aldehydes is 1. The van der Waals surface area contributed by atoms with Crippen molar-refractivity contribution in [3.8, 4) is 11.3 Å². The van der Waals surface area contributed by atoms with Gasteiger partial charge in [0.15, 0.2) is 5.76 Å². The van der Waals surface area contributed by atoms with Crippen molar-refractivity contribution in [3.05, 3.63) is 41.4 Å². The largest absolute Gasteiger partial charge is 0.434 e. The Morgan fingerprint density at radius 3 is 2.73 bits per heavy atom. The van der Waals surface area contributed by atoms with Gasteiger partial charge in [-0.05, 0) is 19.9 Å². The smallest absolute Gasteiger partial charge is 0.260 e. The highest BCUT2D eigenvalue weighted by atomic mass is 16.4. The second kappa shape index (κ2) is 3.69. The fraction of sp³-hybridized carbons (Fsp3) is 0.167. The van der Waals surface area contributed by atoms with Gasteiger partial charge in [0.1, 0.15) is 0 Å². The number of oxazole rings is 1. The Morgan fingerprint density at radius 1 is 1.33 bits per heavy atom. The minimum Gasteiger partial charge on any atom is -0.434 e. The van der Waals surface area contributed by atoms with Gasteiger partial charge in [0.2, 0.25) is 6.29 Å². The van der Waals surface area contributed by atoms with E-state index in [9.17, 15) is 4.79 Å². The van der Waals surface area contributed by atoms with Crippen molar-refractivity contribution in [2.75, 3.05) is 0 Å². The van der Waals surface area contributed by atoms with Gasteiger partial charge < -0.3 is 4.42 Å². The lowest BCUT2D eigenvalue weighted by atomic mass is 10.1. The van der Waals surface area contributed by atoms with E-state index in [1.807, 2.05) is 38.1 Å². The average Bonchev–Trinajstić information content (AvgIpc) is 2.60. The third kappa shape index (κ3) is 1.81. The topological polar surface area (TPSA) is 43.1 Å². The van der Waals surface area contributed by atoms with Gasteiger partial charge in [0, 0.05) is 5.56 Å². The van der Waals surface area contributed by atoms with Crippen LogP contribution in [-0.2, 0) is 0 Å². The van der Waals surface area contributed by atoms with Crippen LogP contribution in [0, 0.1) is 13.8 Å². The first-order valence-corrected chi connectivity index (χ1v) is 4.70. The second-order valence-corrected chi connectivity index (χ2v) is 3.45. The Labute approximate surface area is 87.8 Å². The van der Waals surface area contributed by atoms with E-state index >= 15 is 0 Å². The van der Waals surface area contributed by atoms with E-state index in [4.69, 9.17) is 4.42 Å². The van der Waals surface area contributed by atoms with Gasteiger partial charge in [-0.2, -0.15) is 0 Å². The van der Waals surface area contributed by atoms with Crippen molar-refractivity contribution in [2.45, 2.75) is 13.8 Å². The summed E-state index contributed by atoms with van der Waals surface area (Å²) in [5.74, 6) is 0.796. The monoisotopic (exact) mass is 201 g/mol. The molecule has 0 radical (unpaired) electrons. The molecular formula is C12H11NO2. The number of carbonyl (C=O) groups excluding carboxylic acids is 1. The van der Waals surface area contributed by atoms with E-state index in [0.29, 0.717) is 12.0 Å². The second-order valence-electron chi connectivity index (χ2n) is 3.45. The molecule has 0 N–H and O–H groups in total. The summed E-state index contributed by atoms with van der Waals surface area (Å²) in [5.41, 5.74) is 2.84. The number of carbonyl (C=O) groups is 1. The predicted molar refractivity (Wildman–Crippen MR) is 56.8 cm³/mol. The van der Waals surface area contributed by atoms with Gasteiger partial charge in [0.25, 0.3) is 5.89 Å². The molecule has 0 fully saturated rings. The van der Waals surface area contributed by atoms with Crippen molar-refractivity contribution in [2.24, 2.45) is 0 Å². The molecule has 1 aromatic heterocycles. The minimum atomic E-state index is 0.129. The van der Waals surface area contributed by atoms with Crippen LogP contribution < -0.4 is 0 Å². The van der Waals surface area contributed by atoms with E-state index in [2.05, 4.69) is 4.98 Å². The molecule has 0 aliphatic carbocycles. The highest BCUT2D eigenvalue weighted by Gasteiger charge is 2.10. The molecule has 0 atom stereocenters. The quantitative estimate of drug-likeness (QED) is 0.701. The van der Waals surface area contributed by atoms with Gasteiger partial charge in [-0.25, -0.2) is 4.98 Å². The zero-order chi connectivity index (χ0) is 10.8. The molecule has 0 aliphatic rings. The van der Waals surface area contributed by atoms with E-state index in [-0.39, 0.29) is 5.89 Å². The molecule has 15 heavy (non-hydrogen) atoms. The van der Waals surface area contributed by atoms with E-state index < -0.39 is 0 Å². The third-order valence-electron chi connectivity index (χ3n) is 2.19. The van der Waals surface area contributed by atoms with Crippen LogP contribution in [0.3, 0.4) is 0 Å². The summed E-state index contributed by atoms with van der Waals surface area (Å²) in [6.45, 7) is 3.84. The molecule has 76 valence electrons. The number of aryl methyl sites for hydroxylation is 2. The molecular weight excluding hydrogens is 190 g/mol. The molecule has 0 spiro atoms. The SMILES string of the molecule is Cc1cccc(-c2oc(C=O)nc2C)c1. The lowest BCUT2D eigenvalue weighted by Gasteiger charge is -1.98. The zero-order valence-corrected chi connectivity index (χ0v) is 8.65. The predicted octanol–water partition coefficient (Wildman–Crippen LogP) is 2.77. The molecule has 0 unspecified atom stereocenters. The number of hydrogen-bond acceptors (Lipinski definition) is 3. The van der Waals surface area contributed by atoms with Gasteiger partial charge >= 0.3 is 0 Å². The number of benzene rings is 1. The number of aromatic nitrogens is 1. The zero-order valence-electron chi connectivity index (χ0n) is 8.65. The molecule has 2 rings (SSSR count). The van der Waals surface area contributed by atoms with Crippen molar-refractivity contribution in [1.82, 2.24) is 4.98 Å². The first-order chi connectivity index (χ1) is 7.20.